The third-order valence-corrected chi connectivity index (χ3v) is 2.96. The van der Waals surface area contributed by atoms with Gasteiger partial charge < -0.3 is 14.6 Å². The zero-order valence-electron chi connectivity index (χ0n) is 10.3. The molecule has 0 radical (unpaired) electrons. The highest BCUT2D eigenvalue weighted by molar-refractivity contribution is 5.44. The molecule has 1 aliphatic rings. The summed E-state index contributed by atoms with van der Waals surface area (Å²) in [7, 11) is 1.59. The minimum atomic E-state index is 0.394. The Kier molecular flexibility index (Phi) is 2.67. The van der Waals surface area contributed by atoms with Gasteiger partial charge in [-0.3, -0.25) is 0 Å². The molecule has 0 saturated carbocycles. The maximum atomic E-state index is 5.04. The van der Waals surface area contributed by atoms with Crippen molar-refractivity contribution >= 4 is 0 Å². The van der Waals surface area contributed by atoms with Gasteiger partial charge in [-0.2, -0.15) is 0 Å². The van der Waals surface area contributed by atoms with Gasteiger partial charge in [-0.1, -0.05) is 0 Å². The second-order valence-corrected chi connectivity index (χ2v) is 4.28. The van der Waals surface area contributed by atoms with E-state index in [2.05, 4.69) is 37.0 Å². The molecule has 94 valence electrons. The zero-order valence-corrected chi connectivity index (χ0v) is 10.3. The molecule has 0 fully saturated rings. The van der Waals surface area contributed by atoms with Crippen LogP contribution in [-0.4, -0.2) is 37.9 Å². The fourth-order valence-corrected chi connectivity index (χ4v) is 1.96. The van der Waals surface area contributed by atoms with Crippen molar-refractivity contribution < 1.29 is 4.74 Å². The number of aromatic nitrogens is 5. The first-order valence-corrected chi connectivity index (χ1v) is 5.80. The molecular formula is C11H14N6O. The van der Waals surface area contributed by atoms with Crippen molar-refractivity contribution in [1.29, 1.82) is 0 Å². The molecule has 0 aromatic carbocycles. The molecule has 7 heteroatoms. The van der Waals surface area contributed by atoms with E-state index in [1.165, 1.54) is 0 Å². The second kappa shape index (κ2) is 4.34. The molecule has 1 N–H and O–H groups in total. The van der Waals surface area contributed by atoms with Gasteiger partial charge in [0.2, 0.25) is 5.82 Å². The van der Waals surface area contributed by atoms with Gasteiger partial charge in [0.1, 0.15) is 5.82 Å². The molecule has 2 aromatic heterocycles. The molecule has 2 aromatic rings. The van der Waals surface area contributed by atoms with Gasteiger partial charge in [0.15, 0.2) is 11.6 Å². The number of nitrogens with zero attached hydrogens (tertiary/aromatic N) is 5. The largest absolute Gasteiger partial charge is 0.494 e. The molecule has 1 atom stereocenters. The average molecular weight is 246 g/mol. The first kappa shape index (κ1) is 11.1. The number of nitrogens with one attached hydrogen (secondary N) is 1. The molecule has 3 heterocycles. The Balaban J connectivity index is 1.98. The standard InChI is InChI=1S/C11H14N6O/c1-7-6-17-9(5-12-7)15-16-11(17)10-13-3-8(18-2)4-14-10/h3-4,7,12H,5-6H2,1-2H3. The molecule has 0 aliphatic carbocycles. The van der Waals surface area contributed by atoms with Crippen LogP contribution in [0.5, 0.6) is 5.75 Å². The van der Waals surface area contributed by atoms with Crippen molar-refractivity contribution in [3.05, 3.63) is 18.2 Å². The van der Waals surface area contributed by atoms with Crippen LogP contribution in [0, 0.1) is 0 Å². The van der Waals surface area contributed by atoms with Gasteiger partial charge in [-0.15, -0.1) is 10.2 Å². The van der Waals surface area contributed by atoms with E-state index in [-0.39, 0.29) is 0 Å². The Morgan fingerprint density at radius 2 is 2.11 bits per heavy atom. The van der Waals surface area contributed by atoms with Crippen LogP contribution in [0.4, 0.5) is 0 Å². The Hall–Kier alpha value is -2.02. The van der Waals surface area contributed by atoms with Crippen LogP contribution in [0.15, 0.2) is 12.4 Å². The van der Waals surface area contributed by atoms with E-state index in [0.29, 0.717) is 23.4 Å². The maximum absolute atomic E-state index is 5.04. The van der Waals surface area contributed by atoms with Crippen LogP contribution in [0.2, 0.25) is 0 Å². The summed E-state index contributed by atoms with van der Waals surface area (Å²) in [6.45, 7) is 3.68. The number of hydrogen-bond acceptors (Lipinski definition) is 6. The third-order valence-electron chi connectivity index (χ3n) is 2.96. The van der Waals surface area contributed by atoms with Crippen LogP contribution in [0.3, 0.4) is 0 Å². The first-order valence-electron chi connectivity index (χ1n) is 5.80. The van der Waals surface area contributed by atoms with Gasteiger partial charge in [0.05, 0.1) is 26.0 Å². The molecule has 0 bridgehead atoms. The molecule has 0 amide bonds. The average Bonchev–Trinajstić information content (AvgIpc) is 2.82. The van der Waals surface area contributed by atoms with Crippen LogP contribution in [0.1, 0.15) is 12.7 Å². The van der Waals surface area contributed by atoms with E-state index in [4.69, 9.17) is 4.74 Å². The highest BCUT2D eigenvalue weighted by Crippen LogP contribution is 2.18. The second-order valence-electron chi connectivity index (χ2n) is 4.28. The van der Waals surface area contributed by atoms with Crippen molar-refractivity contribution in [2.75, 3.05) is 7.11 Å². The first-order chi connectivity index (χ1) is 8.78. The highest BCUT2D eigenvalue weighted by atomic mass is 16.5. The molecule has 18 heavy (non-hydrogen) atoms. The van der Waals surface area contributed by atoms with Crippen LogP contribution < -0.4 is 10.1 Å². The summed E-state index contributed by atoms with van der Waals surface area (Å²) in [6, 6.07) is 0.394. The maximum Gasteiger partial charge on any atom is 0.201 e. The number of ether oxygens (including phenoxy) is 1. The van der Waals surface area contributed by atoms with Gasteiger partial charge in [0.25, 0.3) is 0 Å². The molecule has 3 rings (SSSR count). The summed E-state index contributed by atoms with van der Waals surface area (Å²) in [4.78, 5) is 8.49. The number of hydrogen-bond donors (Lipinski definition) is 1. The van der Waals surface area contributed by atoms with E-state index < -0.39 is 0 Å². The Morgan fingerprint density at radius 3 is 2.83 bits per heavy atom. The fourth-order valence-electron chi connectivity index (χ4n) is 1.96. The lowest BCUT2D eigenvalue weighted by molar-refractivity contribution is 0.408. The SMILES string of the molecule is COc1cnc(-c2nnc3n2CC(C)NC3)nc1. The smallest absolute Gasteiger partial charge is 0.201 e. The lowest BCUT2D eigenvalue weighted by Gasteiger charge is -2.22. The lowest BCUT2D eigenvalue weighted by Crippen LogP contribution is -2.36. The quantitative estimate of drug-likeness (QED) is 0.817. The summed E-state index contributed by atoms with van der Waals surface area (Å²) in [6.07, 6.45) is 3.27. The number of methoxy groups -OCH3 is 1. The van der Waals surface area contributed by atoms with E-state index in [0.717, 1.165) is 18.9 Å². The molecule has 1 unspecified atom stereocenters. The number of rotatable bonds is 2. The molecule has 0 spiro atoms. The van der Waals surface area contributed by atoms with E-state index in [1.54, 1.807) is 19.5 Å². The summed E-state index contributed by atoms with van der Waals surface area (Å²) >= 11 is 0. The third kappa shape index (κ3) is 1.82. The van der Waals surface area contributed by atoms with Gasteiger partial charge >= 0.3 is 0 Å². The van der Waals surface area contributed by atoms with E-state index in [9.17, 15) is 0 Å². The lowest BCUT2D eigenvalue weighted by atomic mass is 10.2. The van der Waals surface area contributed by atoms with E-state index >= 15 is 0 Å². The van der Waals surface area contributed by atoms with Crippen molar-refractivity contribution in [3.8, 4) is 17.4 Å². The van der Waals surface area contributed by atoms with Crippen molar-refractivity contribution in [3.63, 3.8) is 0 Å². The normalized spacial score (nSPS) is 18.4. The predicted molar refractivity (Wildman–Crippen MR) is 63.9 cm³/mol. The van der Waals surface area contributed by atoms with Crippen LogP contribution in [0.25, 0.3) is 11.6 Å². The zero-order chi connectivity index (χ0) is 12.5. The van der Waals surface area contributed by atoms with Gasteiger partial charge in [-0.05, 0) is 6.92 Å². The highest BCUT2D eigenvalue weighted by Gasteiger charge is 2.21. The topological polar surface area (TPSA) is 77.8 Å². The van der Waals surface area contributed by atoms with E-state index in [1.807, 2.05) is 0 Å². The molecule has 7 nitrogen and oxygen atoms in total. The predicted octanol–water partition coefficient (Wildman–Crippen LogP) is 0.235. The fraction of sp³-hybridized carbons (Fsp3) is 0.455. The van der Waals surface area contributed by atoms with Crippen LogP contribution in [-0.2, 0) is 13.1 Å². The van der Waals surface area contributed by atoms with Crippen molar-refractivity contribution in [2.24, 2.45) is 0 Å². The van der Waals surface area contributed by atoms with Crippen molar-refractivity contribution in [2.45, 2.75) is 26.1 Å². The molecule has 1 aliphatic heterocycles. The number of fused-ring (bicyclic) bond motifs is 1. The summed E-state index contributed by atoms with van der Waals surface area (Å²) in [5, 5.41) is 11.7. The van der Waals surface area contributed by atoms with Crippen molar-refractivity contribution in [1.82, 2.24) is 30.0 Å². The molecular weight excluding hydrogens is 232 g/mol. The Labute approximate surface area is 104 Å². The minimum absolute atomic E-state index is 0.394. The molecule has 0 saturated heterocycles. The summed E-state index contributed by atoms with van der Waals surface area (Å²) in [5.74, 6) is 2.83. The Bertz CT molecular complexity index is 549. The summed E-state index contributed by atoms with van der Waals surface area (Å²) < 4.78 is 7.10. The summed E-state index contributed by atoms with van der Waals surface area (Å²) in [5.41, 5.74) is 0. The minimum Gasteiger partial charge on any atom is -0.494 e. The Morgan fingerprint density at radius 1 is 1.33 bits per heavy atom. The van der Waals surface area contributed by atoms with Gasteiger partial charge in [-0.25, -0.2) is 9.97 Å². The monoisotopic (exact) mass is 246 g/mol. The van der Waals surface area contributed by atoms with Crippen LogP contribution >= 0.6 is 0 Å². The van der Waals surface area contributed by atoms with Gasteiger partial charge in [0, 0.05) is 12.6 Å².